The lowest BCUT2D eigenvalue weighted by molar-refractivity contribution is 0.0894. The molecular formula is C16H24BrNO. The Bertz CT molecular complexity index is 408. The van der Waals surface area contributed by atoms with Gasteiger partial charge in [-0.1, -0.05) is 29.3 Å². The second-order valence-corrected chi connectivity index (χ2v) is 6.32. The Morgan fingerprint density at radius 2 is 2.11 bits per heavy atom. The number of hydrogen-bond acceptors (Lipinski definition) is 2. The Morgan fingerprint density at radius 3 is 2.84 bits per heavy atom. The van der Waals surface area contributed by atoms with E-state index in [1.807, 2.05) is 0 Å². The molecule has 1 fully saturated rings. The highest BCUT2D eigenvalue weighted by atomic mass is 79.9. The van der Waals surface area contributed by atoms with Crippen LogP contribution in [0.15, 0.2) is 22.7 Å². The summed E-state index contributed by atoms with van der Waals surface area (Å²) in [5.74, 6) is 1.74. The summed E-state index contributed by atoms with van der Waals surface area (Å²) in [6, 6.07) is 6.27. The fourth-order valence-electron chi connectivity index (χ4n) is 2.97. The van der Waals surface area contributed by atoms with Crippen LogP contribution in [0, 0.1) is 5.92 Å². The van der Waals surface area contributed by atoms with Gasteiger partial charge < -0.3 is 10.5 Å². The number of hydrogen-bond donors (Lipinski definition) is 1. The molecule has 0 spiro atoms. The van der Waals surface area contributed by atoms with Crippen molar-refractivity contribution < 1.29 is 4.74 Å². The molecule has 2 N–H and O–H groups in total. The summed E-state index contributed by atoms with van der Waals surface area (Å²) in [4.78, 5) is 0. The summed E-state index contributed by atoms with van der Waals surface area (Å²) in [6.45, 7) is 2.93. The first-order valence-electron chi connectivity index (χ1n) is 7.39. The fraction of sp³-hybridized carbons (Fsp3) is 0.625. The van der Waals surface area contributed by atoms with Crippen molar-refractivity contribution in [2.75, 3.05) is 6.54 Å². The molecule has 1 aliphatic rings. The van der Waals surface area contributed by atoms with E-state index in [1.54, 1.807) is 0 Å². The van der Waals surface area contributed by atoms with E-state index in [1.165, 1.54) is 37.7 Å². The predicted molar refractivity (Wildman–Crippen MR) is 83.6 cm³/mol. The van der Waals surface area contributed by atoms with Gasteiger partial charge >= 0.3 is 0 Å². The Labute approximate surface area is 124 Å². The lowest BCUT2D eigenvalue weighted by Gasteiger charge is -2.32. The Kier molecular flexibility index (Phi) is 5.71. The second kappa shape index (κ2) is 7.30. The molecule has 2 atom stereocenters. The molecule has 0 saturated heterocycles. The molecule has 2 unspecified atom stereocenters. The fourth-order valence-corrected chi connectivity index (χ4v) is 3.38. The average Bonchev–Trinajstić information content (AvgIpc) is 2.43. The maximum atomic E-state index is 6.32. The van der Waals surface area contributed by atoms with Crippen molar-refractivity contribution in [2.45, 2.75) is 51.6 Å². The molecule has 1 aromatic rings. The summed E-state index contributed by atoms with van der Waals surface area (Å²) < 4.78 is 7.42. The van der Waals surface area contributed by atoms with Crippen LogP contribution >= 0.6 is 15.9 Å². The van der Waals surface area contributed by atoms with Gasteiger partial charge in [0, 0.05) is 4.47 Å². The lowest BCUT2D eigenvalue weighted by atomic mass is 9.84. The average molecular weight is 326 g/mol. The Hall–Kier alpha value is -0.540. The molecule has 0 amide bonds. The minimum atomic E-state index is 0.386. The van der Waals surface area contributed by atoms with Crippen molar-refractivity contribution in [3.05, 3.63) is 28.2 Å². The zero-order chi connectivity index (χ0) is 13.7. The zero-order valence-electron chi connectivity index (χ0n) is 11.7. The van der Waals surface area contributed by atoms with Gasteiger partial charge in [0.1, 0.15) is 11.9 Å². The highest BCUT2D eigenvalue weighted by Crippen LogP contribution is 2.32. The molecule has 0 aliphatic heterocycles. The minimum absolute atomic E-state index is 0.386. The third-order valence-corrected chi connectivity index (χ3v) is 4.57. The maximum absolute atomic E-state index is 6.32. The van der Waals surface area contributed by atoms with E-state index in [0.717, 1.165) is 16.6 Å². The van der Waals surface area contributed by atoms with E-state index in [-0.39, 0.29) is 0 Å². The Balaban J connectivity index is 2.12. The topological polar surface area (TPSA) is 35.2 Å². The van der Waals surface area contributed by atoms with Gasteiger partial charge in [-0.05, 0) is 68.3 Å². The van der Waals surface area contributed by atoms with Crippen LogP contribution in [-0.2, 0) is 6.42 Å². The SMILES string of the molecule is CCC1CCCCC1Oc1ccc(Br)cc1CCN. The second-order valence-electron chi connectivity index (χ2n) is 5.40. The summed E-state index contributed by atoms with van der Waals surface area (Å²) in [5.41, 5.74) is 6.91. The van der Waals surface area contributed by atoms with E-state index < -0.39 is 0 Å². The molecular weight excluding hydrogens is 302 g/mol. The van der Waals surface area contributed by atoms with E-state index in [0.29, 0.717) is 18.6 Å². The van der Waals surface area contributed by atoms with Crippen molar-refractivity contribution >= 4 is 15.9 Å². The maximum Gasteiger partial charge on any atom is 0.123 e. The van der Waals surface area contributed by atoms with Gasteiger partial charge in [-0.2, -0.15) is 0 Å². The molecule has 3 heteroatoms. The van der Waals surface area contributed by atoms with Gasteiger partial charge in [0.2, 0.25) is 0 Å². The van der Waals surface area contributed by atoms with Crippen LogP contribution in [0.1, 0.15) is 44.6 Å². The van der Waals surface area contributed by atoms with Crippen molar-refractivity contribution in [2.24, 2.45) is 11.7 Å². The van der Waals surface area contributed by atoms with Gasteiger partial charge in [-0.25, -0.2) is 0 Å². The number of nitrogens with two attached hydrogens (primary N) is 1. The highest BCUT2D eigenvalue weighted by molar-refractivity contribution is 9.10. The molecule has 2 nitrogen and oxygen atoms in total. The van der Waals surface area contributed by atoms with E-state index in [2.05, 4.69) is 41.1 Å². The first-order chi connectivity index (χ1) is 9.24. The summed E-state index contributed by atoms with van der Waals surface area (Å²) in [7, 11) is 0. The number of benzene rings is 1. The molecule has 1 saturated carbocycles. The van der Waals surface area contributed by atoms with Crippen molar-refractivity contribution in [3.63, 3.8) is 0 Å². The van der Waals surface area contributed by atoms with E-state index >= 15 is 0 Å². The Morgan fingerprint density at radius 1 is 1.32 bits per heavy atom. The molecule has 1 aliphatic carbocycles. The van der Waals surface area contributed by atoms with Gasteiger partial charge in [0.05, 0.1) is 0 Å². The van der Waals surface area contributed by atoms with Gasteiger partial charge in [-0.15, -0.1) is 0 Å². The van der Waals surface area contributed by atoms with Crippen LogP contribution in [0.5, 0.6) is 5.75 Å². The number of rotatable bonds is 5. The standard InChI is InChI=1S/C16H24BrNO/c1-2-12-5-3-4-6-15(12)19-16-8-7-14(17)11-13(16)9-10-18/h7-8,11-12,15H,2-6,9-10,18H2,1H3. The quantitative estimate of drug-likeness (QED) is 0.876. The van der Waals surface area contributed by atoms with Crippen LogP contribution in [-0.4, -0.2) is 12.6 Å². The van der Waals surface area contributed by atoms with Crippen LogP contribution in [0.4, 0.5) is 0 Å². The molecule has 106 valence electrons. The van der Waals surface area contributed by atoms with E-state index in [9.17, 15) is 0 Å². The van der Waals surface area contributed by atoms with Crippen molar-refractivity contribution in [1.82, 2.24) is 0 Å². The minimum Gasteiger partial charge on any atom is -0.490 e. The predicted octanol–water partition coefficient (Wildman–Crippen LogP) is 4.30. The van der Waals surface area contributed by atoms with Crippen LogP contribution in [0.25, 0.3) is 0 Å². The molecule has 0 heterocycles. The van der Waals surface area contributed by atoms with Gasteiger partial charge in [0.15, 0.2) is 0 Å². The lowest BCUT2D eigenvalue weighted by Crippen LogP contribution is -2.30. The van der Waals surface area contributed by atoms with Crippen molar-refractivity contribution in [1.29, 1.82) is 0 Å². The largest absolute Gasteiger partial charge is 0.490 e. The molecule has 0 radical (unpaired) electrons. The molecule has 0 bridgehead atoms. The zero-order valence-corrected chi connectivity index (χ0v) is 13.3. The number of halogens is 1. The smallest absolute Gasteiger partial charge is 0.123 e. The summed E-state index contributed by atoms with van der Waals surface area (Å²) in [5, 5.41) is 0. The third-order valence-electron chi connectivity index (χ3n) is 4.08. The van der Waals surface area contributed by atoms with Gasteiger partial charge in [-0.3, -0.25) is 0 Å². The summed E-state index contributed by atoms with van der Waals surface area (Å²) >= 11 is 3.52. The van der Waals surface area contributed by atoms with E-state index in [4.69, 9.17) is 10.5 Å². The number of ether oxygens (including phenoxy) is 1. The first-order valence-corrected chi connectivity index (χ1v) is 8.19. The van der Waals surface area contributed by atoms with Crippen LogP contribution in [0.2, 0.25) is 0 Å². The normalized spacial score (nSPS) is 23.3. The highest BCUT2D eigenvalue weighted by Gasteiger charge is 2.25. The molecule has 0 aromatic heterocycles. The molecule has 19 heavy (non-hydrogen) atoms. The van der Waals surface area contributed by atoms with Crippen molar-refractivity contribution in [3.8, 4) is 5.75 Å². The summed E-state index contributed by atoms with van der Waals surface area (Å²) in [6.07, 6.45) is 7.63. The third kappa shape index (κ3) is 3.96. The molecule has 2 rings (SSSR count). The van der Waals surface area contributed by atoms with Gasteiger partial charge in [0.25, 0.3) is 0 Å². The molecule has 1 aromatic carbocycles. The van der Waals surface area contributed by atoms with Crippen LogP contribution in [0.3, 0.4) is 0 Å². The first kappa shape index (κ1) is 14.9. The monoisotopic (exact) mass is 325 g/mol. The van der Waals surface area contributed by atoms with Crippen LogP contribution < -0.4 is 10.5 Å².